The van der Waals surface area contributed by atoms with Gasteiger partial charge in [0.15, 0.2) is 0 Å². The molecule has 0 spiro atoms. The minimum Gasteiger partial charge on any atom is -0.463 e. The predicted molar refractivity (Wildman–Crippen MR) is 89.3 cm³/mol. The van der Waals surface area contributed by atoms with Crippen LogP contribution < -0.4 is 4.72 Å². The molecular weight excluding hydrogens is 333 g/mol. The van der Waals surface area contributed by atoms with Crippen LogP contribution in [0.25, 0.3) is 6.08 Å². The summed E-state index contributed by atoms with van der Waals surface area (Å²) < 4.78 is 44.6. The Morgan fingerprint density at radius 1 is 1.21 bits per heavy atom. The van der Waals surface area contributed by atoms with Gasteiger partial charge in [0.2, 0.25) is 0 Å². The van der Waals surface area contributed by atoms with Gasteiger partial charge in [-0.2, -0.15) is 0 Å². The van der Waals surface area contributed by atoms with E-state index in [0.29, 0.717) is 17.9 Å². The van der Waals surface area contributed by atoms with Crippen LogP contribution in [0.5, 0.6) is 0 Å². The summed E-state index contributed by atoms with van der Waals surface area (Å²) >= 11 is 0. The zero-order chi connectivity index (χ0) is 17.6. The van der Waals surface area contributed by atoms with Crippen molar-refractivity contribution in [2.75, 3.05) is 11.3 Å². The summed E-state index contributed by atoms with van der Waals surface area (Å²) in [5, 5.41) is 0. The number of rotatable bonds is 6. The van der Waals surface area contributed by atoms with E-state index >= 15 is 0 Å². The number of sulfonamides is 1. The number of anilines is 1. The van der Waals surface area contributed by atoms with Crippen molar-refractivity contribution < 1.29 is 22.3 Å². The number of esters is 1. The molecule has 0 bridgehead atoms. The van der Waals surface area contributed by atoms with Gasteiger partial charge in [-0.05, 0) is 48.9 Å². The summed E-state index contributed by atoms with van der Waals surface area (Å²) in [6.45, 7) is 2.01. The van der Waals surface area contributed by atoms with Gasteiger partial charge in [0.1, 0.15) is 5.82 Å². The Hall–Kier alpha value is -2.67. The lowest BCUT2D eigenvalue weighted by Gasteiger charge is -2.08. The minimum absolute atomic E-state index is 0.159. The van der Waals surface area contributed by atoms with E-state index in [1.54, 1.807) is 37.3 Å². The molecule has 0 aliphatic rings. The van der Waals surface area contributed by atoms with Crippen LogP contribution in [0.3, 0.4) is 0 Å². The zero-order valence-corrected chi connectivity index (χ0v) is 13.7. The highest BCUT2D eigenvalue weighted by atomic mass is 32.2. The van der Waals surface area contributed by atoms with Crippen molar-refractivity contribution >= 4 is 27.8 Å². The van der Waals surface area contributed by atoms with Crippen LogP contribution in [0.2, 0.25) is 0 Å². The molecule has 1 N–H and O–H groups in total. The summed E-state index contributed by atoms with van der Waals surface area (Å²) in [7, 11) is -3.86. The predicted octanol–water partition coefficient (Wildman–Crippen LogP) is 3.20. The fraction of sp³-hybridized carbons (Fsp3) is 0.118. The fourth-order valence-electron chi connectivity index (χ4n) is 1.87. The fourth-order valence-corrected chi connectivity index (χ4v) is 2.95. The van der Waals surface area contributed by atoms with Crippen molar-refractivity contribution in [3.05, 3.63) is 66.0 Å². The van der Waals surface area contributed by atoms with Gasteiger partial charge in [-0.15, -0.1) is 0 Å². The molecule has 2 aromatic rings. The third-order valence-electron chi connectivity index (χ3n) is 2.97. The highest BCUT2D eigenvalue weighted by molar-refractivity contribution is 7.92. The minimum atomic E-state index is -3.86. The van der Waals surface area contributed by atoms with E-state index in [9.17, 15) is 17.6 Å². The summed E-state index contributed by atoms with van der Waals surface area (Å²) in [6.07, 6.45) is 2.85. The van der Waals surface area contributed by atoms with Crippen LogP contribution in [0.15, 0.2) is 59.5 Å². The Kier molecular flexibility index (Phi) is 5.70. The first-order chi connectivity index (χ1) is 11.4. The van der Waals surface area contributed by atoms with Crippen molar-refractivity contribution in [1.82, 2.24) is 0 Å². The smallest absolute Gasteiger partial charge is 0.330 e. The van der Waals surface area contributed by atoms with Gasteiger partial charge in [-0.1, -0.05) is 18.2 Å². The van der Waals surface area contributed by atoms with E-state index in [-0.39, 0.29) is 4.90 Å². The average molecular weight is 349 g/mol. The van der Waals surface area contributed by atoms with Crippen LogP contribution >= 0.6 is 0 Å². The topological polar surface area (TPSA) is 72.5 Å². The molecular formula is C17H16FNO4S. The first-order valence-corrected chi connectivity index (χ1v) is 8.62. The number of nitrogens with one attached hydrogen (secondary N) is 1. The maximum atomic E-state index is 13.2. The molecule has 0 unspecified atom stereocenters. The summed E-state index contributed by atoms with van der Waals surface area (Å²) in [4.78, 5) is 11.1. The van der Waals surface area contributed by atoms with Gasteiger partial charge in [0.05, 0.1) is 11.5 Å². The lowest BCUT2D eigenvalue weighted by Crippen LogP contribution is -2.13. The molecule has 2 rings (SSSR count). The molecule has 0 radical (unpaired) electrons. The molecule has 2 aromatic carbocycles. The number of benzene rings is 2. The van der Waals surface area contributed by atoms with Crippen LogP contribution in [0, 0.1) is 5.82 Å². The summed E-state index contributed by atoms with van der Waals surface area (Å²) in [5.41, 5.74) is 1.03. The lowest BCUT2D eigenvalue weighted by atomic mass is 10.2. The molecule has 24 heavy (non-hydrogen) atoms. The molecule has 0 aliphatic heterocycles. The Balaban J connectivity index is 2.10. The molecule has 5 nitrogen and oxygen atoms in total. The standard InChI is InChI=1S/C17H16FNO4S/c1-2-23-17(20)11-8-13-6-9-15(10-7-13)19-24(21,22)16-5-3-4-14(18)12-16/h3-12,19H,2H2,1H3. The van der Waals surface area contributed by atoms with Crippen LogP contribution in [0.4, 0.5) is 10.1 Å². The molecule has 0 aromatic heterocycles. The third-order valence-corrected chi connectivity index (χ3v) is 4.35. The normalized spacial score (nSPS) is 11.4. The van der Waals surface area contributed by atoms with Crippen LogP contribution in [-0.2, 0) is 19.6 Å². The Labute approximate surface area is 139 Å². The van der Waals surface area contributed by atoms with E-state index in [0.717, 1.165) is 6.07 Å². The second-order valence-electron chi connectivity index (χ2n) is 4.77. The number of hydrogen-bond acceptors (Lipinski definition) is 4. The maximum Gasteiger partial charge on any atom is 0.330 e. The van der Waals surface area contributed by atoms with Gasteiger partial charge in [0, 0.05) is 11.8 Å². The molecule has 0 atom stereocenters. The molecule has 0 fully saturated rings. The molecule has 0 aliphatic carbocycles. The first-order valence-electron chi connectivity index (χ1n) is 7.14. The Morgan fingerprint density at radius 2 is 1.92 bits per heavy atom. The molecule has 7 heteroatoms. The Morgan fingerprint density at radius 3 is 2.54 bits per heavy atom. The second kappa shape index (κ2) is 7.74. The Bertz CT molecular complexity index is 845. The van der Waals surface area contributed by atoms with Gasteiger partial charge in [0.25, 0.3) is 10.0 Å². The van der Waals surface area contributed by atoms with E-state index < -0.39 is 21.8 Å². The van der Waals surface area contributed by atoms with Gasteiger partial charge >= 0.3 is 5.97 Å². The lowest BCUT2D eigenvalue weighted by molar-refractivity contribution is -0.137. The molecule has 0 saturated carbocycles. The van der Waals surface area contributed by atoms with Crippen molar-refractivity contribution in [3.8, 4) is 0 Å². The van der Waals surface area contributed by atoms with Crippen molar-refractivity contribution in [2.45, 2.75) is 11.8 Å². The van der Waals surface area contributed by atoms with Crippen molar-refractivity contribution in [1.29, 1.82) is 0 Å². The van der Waals surface area contributed by atoms with Crippen molar-refractivity contribution in [2.24, 2.45) is 0 Å². The zero-order valence-electron chi connectivity index (χ0n) is 12.9. The SMILES string of the molecule is CCOC(=O)C=Cc1ccc(NS(=O)(=O)c2cccc(F)c2)cc1. The van der Waals surface area contributed by atoms with Gasteiger partial charge in [-0.25, -0.2) is 17.6 Å². The monoisotopic (exact) mass is 349 g/mol. The summed E-state index contributed by atoms with van der Waals surface area (Å²) in [6, 6.07) is 11.1. The molecule has 0 amide bonds. The number of carbonyl (C=O) groups is 1. The van der Waals surface area contributed by atoms with Crippen LogP contribution in [0.1, 0.15) is 12.5 Å². The summed E-state index contributed by atoms with van der Waals surface area (Å²) in [5.74, 6) is -1.08. The molecule has 126 valence electrons. The van der Waals surface area contributed by atoms with Gasteiger partial charge in [-0.3, -0.25) is 4.72 Å². The maximum absolute atomic E-state index is 13.2. The number of halogens is 1. The quantitative estimate of drug-likeness (QED) is 0.642. The third kappa shape index (κ3) is 4.92. The van der Waals surface area contributed by atoms with Crippen molar-refractivity contribution in [3.63, 3.8) is 0 Å². The number of hydrogen-bond donors (Lipinski definition) is 1. The average Bonchev–Trinajstić information content (AvgIpc) is 2.54. The van der Waals surface area contributed by atoms with E-state index in [1.165, 1.54) is 24.3 Å². The van der Waals surface area contributed by atoms with Gasteiger partial charge < -0.3 is 4.74 Å². The highest BCUT2D eigenvalue weighted by Crippen LogP contribution is 2.17. The number of ether oxygens (including phenoxy) is 1. The molecule has 0 saturated heterocycles. The van der Waals surface area contributed by atoms with E-state index in [2.05, 4.69) is 4.72 Å². The van der Waals surface area contributed by atoms with E-state index in [1.807, 2.05) is 0 Å². The number of carbonyl (C=O) groups excluding carboxylic acids is 1. The largest absolute Gasteiger partial charge is 0.463 e. The molecule has 0 heterocycles. The van der Waals surface area contributed by atoms with E-state index in [4.69, 9.17) is 4.74 Å². The highest BCUT2D eigenvalue weighted by Gasteiger charge is 2.14. The van der Waals surface area contributed by atoms with Crippen LogP contribution in [-0.4, -0.2) is 21.0 Å². The first kappa shape index (κ1) is 17.7. The second-order valence-corrected chi connectivity index (χ2v) is 6.45.